The van der Waals surface area contributed by atoms with Crippen molar-refractivity contribution in [3.05, 3.63) is 39.9 Å². The van der Waals surface area contributed by atoms with E-state index in [0.717, 1.165) is 0 Å². The highest BCUT2D eigenvalue weighted by Crippen LogP contribution is 2.36. The van der Waals surface area contributed by atoms with Crippen molar-refractivity contribution in [3.63, 3.8) is 0 Å². The van der Waals surface area contributed by atoms with Crippen LogP contribution in [0.2, 0.25) is 0 Å². The van der Waals surface area contributed by atoms with Crippen molar-refractivity contribution in [1.29, 1.82) is 0 Å². The average Bonchev–Trinajstić information content (AvgIpc) is 2.74. The van der Waals surface area contributed by atoms with Crippen LogP contribution in [0.4, 0.5) is 5.69 Å². The number of hydrogen-bond donors (Lipinski definition) is 0. The van der Waals surface area contributed by atoms with E-state index in [9.17, 15) is 24.5 Å². The number of ether oxygens (including phenoxy) is 1. The Kier molecular flexibility index (Phi) is 4.35. The fourth-order valence-electron chi connectivity index (χ4n) is 2.54. The van der Waals surface area contributed by atoms with Crippen LogP contribution in [-0.4, -0.2) is 29.1 Å². The van der Waals surface area contributed by atoms with E-state index in [1.807, 2.05) is 0 Å². The van der Waals surface area contributed by atoms with Crippen LogP contribution in [-0.2, 0) is 25.5 Å². The Balaban J connectivity index is 2.32. The molecule has 1 unspecified atom stereocenters. The molecule has 22 heavy (non-hydrogen) atoms. The van der Waals surface area contributed by atoms with E-state index in [1.54, 1.807) is 6.07 Å². The van der Waals surface area contributed by atoms with Crippen molar-refractivity contribution < 1.29 is 24.0 Å². The largest absolute Gasteiger partial charge is 0.457 e. The molecule has 1 atom stereocenters. The first-order valence-corrected chi connectivity index (χ1v) is 6.78. The molecule has 0 N–H and O–H groups in total. The minimum Gasteiger partial charge on any atom is -0.457 e. The second kappa shape index (κ2) is 6.05. The van der Waals surface area contributed by atoms with Crippen molar-refractivity contribution in [2.75, 3.05) is 6.61 Å². The van der Waals surface area contributed by atoms with E-state index in [2.05, 4.69) is 0 Å². The minimum absolute atomic E-state index is 0.000370. The van der Waals surface area contributed by atoms with Crippen LogP contribution in [0.3, 0.4) is 0 Å². The first kappa shape index (κ1) is 15.8. The highest BCUT2D eigenvalue weighted by molar-refractivity contribution is 6.09. The highest BCUT2D eigenvalue weighted by Gasteiger charge is 2.51. The molecule has 7 nitrogen and oxygen atoms in total. The molecule has 1 aliphatic rings. The van der Waals surface area contributed by atoms with Gasteiger partial charge in [0, 0.05) is 18.6 Å². The van der Waals surface area contributed by atoms with Gasteiger partial charge in [0.1, 0.15) is 11.2 Å². The molecule has 0 amide bonds. The smallest absolute Gasteiger partial charge is 0.320 e. The standard InChI is InChI=1S/C15H15NO6/c1-10(17)5-6-15(13(18)9-22-14(15)19)8-11-3-2-4-12(7-11)16(20)21/h2-4,7H,5-6,8-9H2,1H3. The summed E-state index contributed by atoms with van der Waals surface area (Å²) < 4.78 is 4.83. The fraction of sp³-hybridized carbons (Fsp3) is 0.400. The molecule has 0 bridgehead atoms. The van der Waals surface area contributed by atoms with E-state index in [-0.39, 0.29) is 43.1 Å². The fourth-order valence-corrected chi connectivity index (χ4v) is 2.54. The van der Waals surface area contributed by atoms with Crippen LogP contribution in [0.1, 0.15) is 25.3 Å². The highest BCUT2D eigenvalue weighted by atomic mass is 16.6. The number of rotatable bonds is 6. The Morgan fingerprint density at radius 1 is 1.41 bits per heavy atom. The maximum atomic E-state index is 12.2. The van der Waals surface area contributed by atoms with Gasteiger partial charge in [-0.25, -0.2) is 0 Å². The topological polar surface area (TPSA) is 104 Å². The lowest BCUT2D eigenvalue weighted by Crippen LogP contribution is -2.36. The Morgan fingerprint density at radius 3 is 2.68 bits per heavy atom. The van der Waals surface area contributed by atoms with Crippen molar-refractivity contribution in [1.82, 2.24) is 0 Å². The van der Waals surface area contributed by atoms with E-state index < -0.39 is 16.3 Å². The molecule has 1 aromatic carbocycles. The second-order valence-corrected chi connectivity index (χ2v) is 5.39. The molecule has 0 aliphatic carbocycles. The summed E-state index contributed by atoms with van der Waals surface area (Å²) in [5.74, 6) is -1.18. The normalized spacial score (nSPS) is 20.8. The third-order valence-corrected chi connectivity index (χ3v) is 3.79. The Labute approximate surface area is 126 Å². The lowest BCUT2D eigenvalue weighted by atomic mass is 9.75. The Bertz CT molecular complexity index is 635. The molecule has 0 saturated carbocycles. The SMILES string of the molecule is CC(=O)CCC1(Cc2cccc([N+](=O)[O-])c2)C(=O)COC1=O. The van der Waals surface area contributed by atoms with Gasteiger partial charge in [-0.15, -0.1) is 0 Å². The van der Waals surface area contributed by atoms with Gasteiger partial charge in [0.05, 0.1) is 4.92 Å². The summed E-state index contributed by atoms with van der Waals surface area (Å²) in [6, 6.07) is 5.77. The number of carbonyl (C=O) groups excluding carboxylic acids is 3. The number of hydrogen-bond acceptors (Lipinski definition) is 6. The lowest BCUT2D eigenvalue weighted by molar-refractivity contribution is -0.384. The summed E-state index contributed by atoms with van der Waals surface area (Å²) in [6.45, 7) is 1.07. The first-order chi connectivity index (χ1) is 10.3. The van der Waals surface area contributed by atoms with Gasteiger partial charge >= 0.3 is 5.97 Å². The predicted molar refractivity (Wildman–Crippen MR) is 75.1 cm³/mol. The van der Waals surface area contributed by atoms with Gasteiger partial charge in [0.2, 0.25) is 0 Å². The molecule has 1 saturated heterocycles. The molecule has 1 fully saturated rings. The number of benzene rings is 1. The molecule has 1 heterocycles. The Morgan fingerprint density at radius 2 is 2.14 bits per heavy atom. The van der Waals surface area contributed by atoms with E-state index in [0.29, 0.717) is 5.56 Å². The number of nitrogens with zero attached hydrogens (tertiary/aromatic N) is 1. The number of non-ortho nitro benzene ring substituents is 1. The van der Waals surface area contributed by atoms with Gasteiger partial charge in [-0.3, -0.25) is 19.7 Å². The molecular formula is C15H15NO6. The van der Waals surface area contributed by atoms with Gasteiger partial charge in [-0.1, -0.05) is 12.1 Å². The number of Topliss-reactive ketones (excluding diaryl/α,β-unsaturated/α-hetero) is 2. The zero-order chi connectivity index (χ0) is 16.3. The van der Waals surface area contributed by atoms with Gasteiger partial charge in [0.25, 0.3) is 5.69 Å². The van der Waals surface area contributed by atoms with E-state index in [1.165, 1.54) is 25.1 Å². The van der Waals surface area contributed by atoms with Crippen LogP contribution >= 0.6 is 0 Å². The molecule has 2 rings (SSSR count). The summed E-state index contributed by atoms with van der Waals surface area (Å²) in [7, 11) is 0. The summed E-state index contributed by atoms with van der Waals surface area (Å²) in [4.78, 5) is 45.7. The zero-order valence-electron chi connectivity index (χ0n) is 12.0. The minimum atomic E-state index is -1.42. The van der Waals surface area contributed by atoms with Crippen LogP contribution in [0.25, 0.3) is 0 Å². The third kappa shape index (κ3) is 3.03. The van der Waals surface area contributed by atoms with Crippen molar-refractivity contribution >= 4 is 23.2 Å². The first-order valence-electron chi connectivity index (χ1n) is 6.78. The van der Waals surface area contributed by atoms with Gasteiger partial charge in [-0.2, -0.15) is 0 Å². The van der Waals surface area contributed by atoms with E-state index in [4.69, 9.17) is 4.74 Å². The number of cyclic esters (lactones) is 1. The van der Waals surface area contributed by atoms with Crippen LogP contribution < -0.4 is 0 Å². The number of esters is 1. The summed E-state index contributed by atoms with van der Waals surface area (Å²) >= 11 is 0. The van der Waals surface area contributed by atoms with Crippen LogP contribution in [0.5, 0.6) is 0 Å². The van der Waals surface area contributed by atoms with Gasteiger partial charge < -0.3 is 9.53 Å². The second-order valence-electron chi connectivity index (χ2n) is 5.39. The summed E-state index contributed by atoms with van der Waals surface area (Å²) in [6.07, 6.45) is 0.137. The zero-order valence-corrected chi connectivity index (χ0v) is 12.0. The molecule has 7 heteroatoms. The van der Waals surface area contributed by atoms with Crippen LogP contribution in [0.15, 0.2) is 24.3 Å². The average molecular weight is 305 g/mol. The molecule has 0 spiro atoms. The molecule has 0 aromatic heterocycles. The summed E-state index contributed by atoms with van der Waals surface area (Å²) in [5, 5.41) is 10.8. The molecule has 1 aromatic rings. The van der Waals surface area contributed by atoms with Gasteiger partial charge in [0.15, 0.2) is 12.4 Å². The third-order valence-electron chi connectivity index (χ3n) is 3.79. The maximum Gasteiger partial charge on any atom is 0.320 e. The predicted octanol–water partition coefficient (Wildman–Crippen LogP) is 1.62. The summed E-state index contributed by atoms with van der Waals surface area (Å²) in [5.41, 5.74) is -1.04. The van der Waals surface area contributed by atoms with E-state index >= 15 is 0 Å². The number of nitro groups is 1. The van der Waals surface area contributed by atoms with Crippen molar-refractivity contribution in [3.8, 4) is 0 Å². The van der Waals surface area contributed by atoms with Crippen molar-refractivity contribution in [2.45, 2.75) is 26.2 Å². The quantitative estimate of drug-likeness (QED) is 0.342. The number of carbonyl (C=O) groups is 3. The maximum absolute atomic E-state index is 12.2. The van der Waals surface area contributed by atoms with Gasteiger partial charge in [-0.05, 0) is 25.3 Å². The van der Waals surface area contributed by atoms with Crippen molar-refractivity contribution in [2.24, 2.45) is 5.41 Å². The Hall–Kier alpha value is -2.57. The monoisotopic (exact) mass is 305 g/mol. The van der Waals surface area contributed by atoms with Crippen LogP contribution in [0, 0.1) is 15.5 Å². The molecular weight excluding hydrogens is 290 g/mol. The lowest BCUT2D eigenvalue weighted by Gasteiger charge is -2.22. The molecule has 116 valence electrons. The molecule has 1 aliphatic heterocycles. The number of ketones is 2. The molecule has 0 radical (unpaired) electrons. The number of nitro benzene ring substituents is 1.